The first-order valence-electron chi connectivity index (χ1n) is 8.58. The average Bonchev–Trinajstić information content (AvgIpc) is 2.58. The number of aromatic nitrogens is 1. The van der Waals surface area contributed by atoms with E-state index in [4.69, 9.17) is 0 Å². The molecule has 0 unspecified atom stereocenters. The third-order valence-corrected chi connectivity index (χ3v) is 4.61. The number of anilines is 1. The molecule has 124 valence electrons. The van der Waals surface area contributed by atoms with Gasteiger partial charge in [0.2, 0.25) is 0 Å². The van der Waals surface area contributed by atoms with Crippen LogP contribution in [0, 0.1) is 25.2 Å². The van der Waals surface area contributed by atoms with Crippen molar-refractivity contribution in [3.63, 3.8) is 0 Å². The molecule has 0 fully saturated rings. The van der Waals surface area contributed by atoms with Crippen molar-refractivity contribution in [3.8, 4) is 6.07 Å². The summed E-state index contributed by atoms with van der Waals surface area (Å²) in [5, 5.41) is 12.6. The Morgan fingerprint density at radius 2 is 2.04 bits per heavy atom. The fraction of sp³-hybridized carbons (Fsp3) is 0.400. The summed E-state index contributed by atoms with van der Waals surface area (Å²) in [5.41, 5.74) is 5.54. The molecular weight excluding hydrogens is 296 g/mol. The second-order valence-electron chi connectivity index (χ2n) is 6.49. The van der Waals surface area contributed by atoms with Gasteiger partial charge in [0.1, 0.15) is 11.9 Å². The van der Waals surface area contributed by atoms with Gasteiger partial charge in [-0.1, -0.05) is 24.3 Å². The largest absolute Gasteiger partial charge is 0.369 e. The highest BCUT2D eigenvalue weighted by atomic mass is 15.1. The Hall–Kier alpha value is -2.38. The molecule has 0 atom stereocenters. The van der Waals surface area contributed by atoms with Crippen LogP contribution in [0.1, 0.15) is 34.4 Å². The number of rotatable bonds is 5. The summed E-state index contributed by atoms with van der Waals surface area (Å²) in [6.45, 7) is 7.99. The van der Waals surface area contributed by atoms with Gasteiger partial charge in [0.15, 0.2) is 0 Å². The molecule has 0 saturated heterocycles. The SMILES string of the molecule is Cc1cc(C)c(C#N)c(NCCCN2CCc3ccccc3C2)n1. The lowest BCUT2D eigenvalue weighted by Gasteiger charge is -2.28. The molecule has 4 heteroatoms. The number of pyridine rings is 1. The molecule has 3 rings (SSSR count). The van der Waals surface area contributed by atoms with Crippen LogP contribution in [0.2, 0.25) is 0 Å². The van der Waals surface area contributed by atoms with E-state index in [-0.39, 0.29) is 0 Å². The van der Waals surface area contributed by atoms with Crippen molar-refractivity contribution in [2.24, 2.45) is 0 Å². The fourth-order valence-corrected chi connectivity index (χ4v) is 3.36. The van der Waals surface area contributed by atoms with Crippen LogP contribution in [0.15, 0.2) is 30.3 Å². The monoisotopic (exact) mass is 320 g/mol. The van der Waals surface area contributed by atoms with E-state index in [9.17, 15) is 5.26 Å². The van der Waals surface area contributed by atoms with E-state index in [1.807, 2.05) is 19.9 Å². The highest BCUT2D eigenvalue weighted by molar-refractivity contribution is 5.56. The molecule has 2 aromatic rings. The molecule has 0 aliphatic carbocycles. The minimum Gasteiger partial charge on any atom is -0.369 e. The van der Waals surface area contributed by atoms with Crippen LogP contribution in [0.4, 0.5) is 5.82 Å². The number of nitriles is 1. The van der Waals surface area contributed by atoms with Gasteiger partial charge in [-0.3, -0.25) is 4.90 Å². The molecule has 2 heterocycles. The molecule has 0 radical (unpaired) electrons. The summed E-state index contributed by atoms with van der Waals surface area (Å²) < 4.78 is 0. The number of fused-ring (bicyclic) bond motifs is 1. The van der Waals surface area contributed by atoms with Crippen LogP contribution in [0.25, 0.3) is 0 Å². The molecule has 0 saturated carbocycles. The van der Waals surface area contributed by atoms with Crippen LogP contribution in [0.5, 0.6) is 0 Å². The molecular formula is C20H24N4. The van der Waals surface area contributed by atoms with Crippen molar-refractivity contribution in [1.29, 1.82) is 5.26 Å². The summed E-state index contributed by atoms with van der Waals surface area (Å²) in [5.74, 6) is 0.721. The number of benzene rings is 1. The first kappa shape index (κ1) is 16.5. The first-order chi connectivity index (χ1) is 11.7. The maximum Gasteiger partial charge on any atom is 0.144 e. The molecule has 0 spiro atoms. The van der Waals surface area contributed by atoms with Gasteiger partial charge in [-0.05, 0) is 49.4 Å². The van der Waals surface area contributed by atoms with Crippen LogP contribution in [-0.4, -0.2) is 29.5 Å². The van der Waals surface area contributed by atoms with Gasteiger partial charge < -0.3 is 5.32 Å². The fourth-order valence-electron chi connectivity index (χ4n) is 3.36. The van der Waals surface area contributed by atoms with Gasteiger partial charge in [-0.15, -0.1) is 0 Å². The van der Waals surface area contributed by atoms with E-state index in [1.54, 1.807) is 0 Å². The third-order valence-electron chi connectivity index (χ3n) is 4.61. The van der Waals surface area contributed by atoms with Crippen molar-refractivity contribution >= 4 is 5.82 Å². The standard InChI is InChI=1S/C20H24N4/c1-15-12-16(2)23-20(19(15)13-21)22-9-5-10-24-11-8-17-6-3-4-7-18(17)14-24/h3-4,6-7,12H,5,8-11,14H2,1-2H3,(H,22,23). The highest BCUT2D eigenvalue weighted by Gasteiger charge is 2.15. The van der Waals surface area contributed by atoms with E-state index in [0.29, 0.717) is 5.56 Å². The first-order valence-corrected chi connectivity index (χ1v) is 8.58. The Kier molecular flexibility index (Phi) is 5.12. The van der Waals surface area contributed by atoms with E-state index in [2.05, 4.69) is 45.5 Å². The molecule has 24 heavy (non-hydrogen) atoms. The Bertz CT molecular complexity index is 761. The van der Waals surface area contributed by atoms with Gasteiger partial charge in [-0.2, -0.15) is 5.26 Å². The Morgan fingerprint density at radius 1 is 1.25 bits per heavy atom. The lowest BCUT2D eigenvalue weighted by Crippen LogP contribution is -2.32. The topological polar surface area (TPSA) is 52.0 Å². The zero-order chi connectivity index (χ0) is 16.9. The van der Waals surface area contributed by atoms with Crippen molar-refractivity contribution < 1.29 is 0 Å². The van der Waals surface area contributed by atoms with E-state index in [0.717, 1.165) is 56.1 Å². The van der Waals surface area contributed by atoms with Crippen LogP contribution >= 0.6 is 0 Å². The number of nitrogens with one attached hydrogen (secondary N) is 1. The molecule has 0 amide bonds. The van der Waals surface area contributed by atoms with E-state index >= 15 is 0 Å². The van der Waals surface area contributed by atoms with Gasteiger partial charge in [0, 0.05) is 31.9 Å². The lowest BCUT2D eigenvalue weighted by atomic mass is 10.00. The van der Waals surface area contributed by atoms with Gasteiger partial charge >= 0.3 is 0 Å². The number of aryl methyl sites for hydroxylation is 2. The predicted octanol–water partition coefficient (Wildman–Crippen LogP) is 3.43. The maximum atomic E-state index is 9.31. The summed E-state index contributed by atoms with van der Waals surface area (Å²) in [7, 11) is 0. The second-order valence-corrected chi connectivity index (χ2v) is 6.49. The summed E-state index contributed by atoms with van der Waals surface area (Å²) >= 11 is 0. The molecule has 1 N–H and O–H groups in total. The van der Waals surface area contributed by atoms with Gasteiger partial charge in [-0.25, -0.2) is 4.98 Å². The minimum absolute atomic E-state index is 0.660. The zero-order valence-corrected chi connectivity index (χ0v) is 14.5. The van der Waals surface area contributed by atoms with Crippen LogP contribution in [0.3, 0.4) is 0 Å². The average molecular weight is 320 g/mol. The summed E-state index contributed by atoms with van der Waals surface area (Å²) in [6.07, 6.45) is 2.18. The Morgan fingerprint density at radius 3 is 2.83 bits per heavy atom. The number of hydrogen-bond donors (Lipinski definition) is 1. The third kappa shape index (κ3) is 3.74. The van der Waals surface area contributed by atoms with Crippen molar-refractivity contribution in [2.45, 2.75) is 33.2 Å². The predicted molar refractivity (Wildman–Crippen MR) is 97.0 cm³/mol. The quantitative estimate of drug-likeness (QED) is 0.858. The molecule has 1 aliphatic heterocycles. The van der Waals surface area contributed by atoms with E-state index in [1.165, 1.54) is 11.1 Å². The van der Waals surface area contributed by atoms with Gasteiger partial charge in [0.05, 0.1) is 5.56 Å². The van der Waals surface area contributed by atoms with Crippen molar-refractivity contribution in [1.82, 2.24) is 9.88 Å². The lowest BCUT2D eigenvalue weighted by molar-refractivity contribution is 0.253. The molecule has 4 nitrogen and oxygen atoms in total. The molecule has 1 aliphatic rings. The van der Waals surface area contributed by atoms with Crippen molar-refractivity contribution in [2.75, 3.05) is 25.0 Å². The molecule has 1 aromatic heterocycles. The number of hydrogen-bond acceptors (Lipinski definition) is 4. The Balaban J connectivity index is 1.51. The van der Waals surface area contributed by atoms with Gasteiger partial charge in [0.25, 0.3) is 0 Å². The summed E-state index contributed by atoms with van der Waals surface area (Å²) in [6, 6.07) is 12.9. The second kappa shape index (κ2) is 7.46. The molecule has 0 bridgehead atoms. The van der Waals surface area contributed by atoms with Crippen LogP contribution in [-0.2, 0) is 13.0 Å². The smallest absolute Gasteiger partial charge is 0.144 e. The molecule has 1 aromatic carbocycles. The summed E-state index contributed by atoms with van der Waals surface area (Å²) in [4.78, 5) is 6.98. The maximum absolute atomic E-state index is 9.31. The van der Waals surface area contributed by atoms with Crippen LogP contribution < -0.4 is 5.32 Å². The zero-order valence-electron chi connectivity index (χ0n) is 14.5. The minimum atomic E-state index is 0.660. The van der Waals surface area contributed by atoms with Crippen molar-refractivity contribution in [3.05, 3.63) is 58.3 Å². The Labute approximate surface area is 144 Å². The highest BCUT2D eigenvalue weighted by Crippen LogP contribution is 2.19. The normalized spacial score (nSPS) is 14.0. The van der Waals surface area contributed by atoms with E-state index < -0.39 is 0 Å². The number of nitrogens with zero attached hydrogens (tertiary/aromatic N) is 3.